The first-order valence-corrected chi connectivity index (χ1v) is 10.3. The SMILES string of the molecule is CC(C)C1Cc2cc(-c3ccccc3)c3c(c2-c2cc(=O)c(C(=O)O)cn21)CCO3. The second-order valence-corrected chi connectivity index (χ2v) is 8.39. The molecule has 2 aliphatic heterocycles. The maximum Gasteiger partial charge on any atom is 0.341 e. The van der Waals surface area contributed by atoms with Crippen molar-refractivity contribution in [2.45, 2.75) is 32.7 Å². The molecule has 30 heavy (non-hydrogen) atoms. The number of nitrogens with zero attached hydrogens (tertiary/aromatic N) is 1. The van der Waals surface area contributed by atoms with Gasteiger partial charge in [-0.3, -0.25) is 4.79 Å². The lowest BCUT2D eigenvalue weighted by Gasteiger charge is -2.34. The van der Waals surface area contributed by atoms with Gasteiger partial charge < -0.3 is 14.4 Å². The Kier molecular flexibility index (Phi) is 4.28. The van der Waals surface area contributed by atoms with Crippen molar-refractivity contribution in [3.05, 3.63) is 75.6 Å². The van der Waals surface area contributed by atoms with E-state index in [-0.39, 0.29) is 17.5 Å². The van der Waals surface area contributed by atoms with Crippen molar-refractivity contribution in [3.8, 4) is 28.1 Å². The molecule has 5 nitrogen and oxygen atoms in total. The van der Waals surface area contributed by atoms with Gasteiger partial charge in [0.25, 0.3) is 0 Å². The molecule has 1 aromatic heterocycles. The van der Waals surface area contributed by atoms with E-state index in [1.54, 1.807) is 0 Å². The molecule has 0 spiro atoms. The molecule has 0 saturated heterocycles. The Morgan fingerprint density at radius 2 is 1.97 bits per heavy atom. The van der Waals surface area contributed by atoms with Crippen molar-refractivity contribution in [3.63, 3.8) is 0 Å². The number of benzene rings is 2. The van der Waals surface area contributed by atoms with Crippen molar-refractivity contribution < 1.29 is 14.6 Å². The minimum absolute atomic E-state index is 0.0789. The first-order chi connectivity index (χ1) is 14.5. The molecule has 0 amide bonds. The highest BCUT2D eigenvalue weighted by Gasteiger charge is 2.33. The van der Waals surface area contributed by atoms with E-state index in [0.29, 0.717) is 6.61 Å². The van der Waals surface area contributed by atoms with Gasteiger partial charge in [-0.1, -0.05) is 44.2 Å². The maximum atomic E-state index is 12.6. The molecule has 3 heterocycles. The number of aromatic nitrogens is 1. The Balaban J connectivity index is 1.81. The van der Waals surface area contributed by atoms with Crippen LogP contribution in [0.2, 0.25) is 0 Å². The van der Waals surface area contributed by atoms with Gasteiger partial charge in [0.15, 0.2) is 5.43 Å². The van der Waals surface area contributed by atoms with Crippen molar-refractivity contribution in [1.29, 1.82) is 0 Å². The second-order valence-electron chi connectivity index (χ2n) is 8.39. The Hall–Kier alpha value is -3.34. The summed E-state index contributed by atoms with van der Waals surface area (Å²) < 4.78 is 8.05. The van der Waals surface area contributed by atoms with E-state index in [4.69, 9.17) is 4.74 Å². The molecular weight excluding hydrogens is 378 g/mol. The Bertz CT molecular complexity index is 1220. The van der Waals surface area contributed by atoms with Gasteiger partial charge >= 0.3 is 5.97 Å². The van der Waals surface area contributed by atoms with Crippen LogP contribution < -0.4 is 10.2 Å². The minimum atomic E-state index is -1.18. The fourth-order valence-electron chi connectivity index (χ4n) is 4.82. The number of hydrogen-bond donors (Lipinski definition) is 1. The van der Waals surface area contributed by atoms with E-state index in [9.17, 15) is 14.7 Å². The van der Waals surface area contributed by atoms with Crippen LogP contribution in [0.5, 0.6) is 5.75 Å². The van der Waals surface area contributed by atoms with Crippen molar-refractivity contribution in [2.75, 3.05) is 6.61 Å². The average Bonchev–Trinajstić information content (AvgIpc) is 3.22. The van der Waals surface area contributed by atoms with Crippen molar-refractivity contribution >= 4 is 5.97 Å². The van der Waals surface area contributed by atoms with Gasteiger partial charge in [-0.15, -0.1) is 0 Å². The van der Waals surface area contributed by atoms with Crippen LogP contribution >= 0.6 is 0 Å². The van der Waals surface area contributed by atoms with E-state index in [1.807, 2.05) is 22.8 Å². The third-order valence-corrected chi connectivity index (χ3v) is 6.27. The highest BCUT2D eigenvalue weighted by atomic mass is 16.5. The number of carbonyl (C=O) groups is 1. The van der Waals surface area contributed by atoms with Gasteiger partial charge in [-0.2, -0.15) is 0 Å². The third kappa shape index (κ3) is 2.76. The summed E-state index contributed by atoms with van der Waals surface area (Å²) in [5, 5.41) is 9.47. The summed E-state index contributed by atoms with van der Waals surface area (Å²) in [5.41, 5.74) is 5.71. The first-order valence-electron chi connectivity index (χ1n) is 10.3. The lowest BCUT2D eigenvalue weighted by Crippen LogP contribution is -2.28. The molecule has 152 valence electrons. The number of hydrogen-bond acceptors (Lipinski definition) is 3. The number of ether oxygens (including phenoxy) is 1. The van der Waals surface area contributed by atoms with Gasteiger partial charge in [-0.05, 0) is 29.5 Å². The smallest absolute Gasteiger partial charge is 0.341 e. The summed E-state index contributed by atoms with van der Waals surface area (Å²) in [6, 6.07) is 14.0. The van der Waals surface area contributed by atoms with Crippen LogP contribution in [0.3, 0.4) is 0 Å². The maximum absolute atomic E-state index is 12.6. The monoisotopic (exact) mass is 401 g/mol. The van der Waals surface area contributed by atoms with Gasteiger partial charge in [0.1, 0.15) is 11.3 Å². The van der Waals surface area contributed by atoms with Gasteiger partial charge in [0, 0.05) is 41.4 Å². The Morgan fingerprint density at radius 3 is 2.67 bits per heavy atom. The predicted octanol–water partition coefficient (Wildman–Crippen LogP) is 4.57. The molecule has 5 heteroatoms. The largest absolute Gasteiger partial charge is 0.492 e. The van der Waals surface area contributed by atoms with E-state index in [1.165, 1.54) is 17.8 Å². The normalized spacial score (nSPS) is 16.6. The standard InChI is InChI=1S/C25H23NO4/c1-14(2)20-11-16-10-18(15-6-4-3-5-7-15)24-17(8-9-30-24)23(16)21-12-22(27)19(25(28)29)13-26(20)21/h3-7,10,12-14,20H,8-9,11H2,1-2H3,(H,28,29). The lowest BCUT2D eigenvalue weighted by atomic mass is 9.82. The number of pyridine rings is 1. The van der Waals surface area contributed by atoms with E-state index >= 15 is 0 Å². The molecule has 0 fully saturated rings. The molecule has 0 saturated carbocycles. The molecule has 0 radical (unpaired) electrons. The molecule has 1 N–H and O–H groups in total. The van der Waals surface area contributed by atoms with Crippen LogP contribution in [0.1, 0.15) is 41.4 Å². The van der Waals surface area contributed by atoms with Gasteiger partial charge in [0.05, 0.1) is 12.3 Å². The van der Waals surface area contributed by atoms with Crippen LogP contribution in [-0.4, -0.2) is 22.2 Å². The number of carboxylic acid groups (broad SMARTS) is 1. The molecule has 1 atom stereocenters. The number of fused-ring (bicyclic) bond motifs is 5. The molecule has 0 bridgehead atoms. The Labute approximate surface area is 174 Å². The first kappa shape index (κ1) is 18.7. The van der Waals surface area contributed by atoms with E-state index in [0.717, 1.165) is 46.5 Å². The van der Waals surface area contributed by atoms with Crippen LogP contribution in [0.15, 0.2) is 53.5 Å². The number of carboxylic acids is 1. The fraction of sp³-hybridized carbons (Fsp3) is 0.280. The van der Waals surface area contributed by atoms with Crippen LogP contribution in [-0.2, 0) is 12.8 Å². The zero-order chi connectivity index (χ0) is 21.0. The third-order valence-electron chi connectivity index (χ3n) is 6.27. The zero-order valence-corrected chi connectivity index (χ0v) is 17.0. The number of aromatic carboxylic acids is 1. The van der Waals surface area contributed by atoms with Crippen molar-refractivity contribution in [1.82, 2.24) is 4.57 Å². The zero-order valence-electron chi connectivity index (χ0n) is 17.0. The molecule has 3 aromatic rings. The summed E-state index contributed by atoms with van der Waals surface area (Å²) in [5.74, 6) is -0.0217. The summed E-state index contributed by atoms with van der Waals surface area (Å²) in [6.45, 7) is 4.87. The molecular formula is C25H23NO4. The van der Waals surface area contributed by atoms with Crippen molar-refractivity contribution in [2.24, 2.45) is 5.92 Å². The molecule has 0 aliphatic carbocycles. The Morgan fingerprint density at radius 1 is 1.20 bits per heavy atom. The van der Waals surface area contributed by atoms with Gasteiger partial charge in [0.2, 0.25) is 0 Å². The highest BCUT2D eigenvalue weighted by molar-refractivity contribution is 5.89. The summed E-state index contributed by atoms with van der Waals surface area (Å²) in [4.78, 5) is 24.2. The quantitative estimate of drug-likeness (QED) is 0.698. The molecule has 2 aliphatic rings. The number of rotatable bonds is 3. The predicted molar refractivity (Wildman–Crippen MR) is 115 cm³/mol. The van der Waals surface area contributed by atoms with Crippen LogP contribution in [0.4, 0.5) is 0 Å². The minimum Gasteiger partial charge on any atom is -0.492 e. The summed E-state index contributed by atoms with van der Waals surface area (Å²) in [7, 11) is 0. The molecule has 1 unspecified atom stereocenters. The average molecular weight is 401 g/mol. The van der Waals surface area contributed by atoms with E-state index in [2.05, 4.69) is 32.0 Å². The lowest BCUT2D eigenvalue weighted by molar-refractivity contribution is 0.0694. The summed E-state index contributed by atoms with van der Waals surface area (Å²) >= 11 is 0. The van der Waals surface area contributed by atoms with E-state index < -0.39 is 11.4 Å². The second kappa shape index (κ2) is 6.87. The van der Waals surface area contributed by atoms with Crippen LogP contribution in [0, 0.1) is 5.92 Å². The summed E-state index contributed by atoms with van der Waals surface area (Å²) in [6.07, 6.45) is 3.09. The topological polar surface area (TPSA) is 68.5 Å². The fourth-order valence-corrected chi connectivity index (χ4v) is 4.82. The highest BCUT2D eigenvalue weighted by Crippen LogP contribution is 2.48. The van der Waals surface area contributed by atoms with Crippen LogP contribution in [0.25, 0.3) is 22.4 Å². The molecule has 2 aromatic carbocycles. The van der Waals surface area contributed by atoms with Gasteiger partial charge in [-0.25, -0.2) is 4.79 Å². The molecule has 5 rings (SSSR count).